The van der Waals surface area contributed by atoms with Crippen molar-refractivity contribution in [2.75, 3.05) is 13.2 Å². The van der Waals surface area contributed by atoms with Gasteiger partial charge in [-0.05, 0) is 64.2 Å². The SMILES string of the molecule is CCCCC\C=C/C=C\C=C/C=C\CCCCCCCC(=O)OCC(COC(=O)CCCCCCCCCCCC)OC(=O)CC/C=C\C/C=C\CCCCCCCC. The number of carbonyl (C=O) groups excluding carboxylic acids is 3. The molecule has 0 aliphatic rings. The molecule has 0 aliphatic heterocycles. The van der Waals surface area contributed by atoms with Crippen molar-refractivity contribution in [3.05, 3.63) is 72.9 Å². The van der Waals surface area contributed by atoms with Gasteiger partial charge in [-0.3, -0.25) is 14.4 Å². The molecule has 0 aromatic heterocycles. The normalized spacial score (nSPS) is 12.7. The summed E-state index contributed by atoms with van der Waals surface area (Å²) in [6.07, 6.45) is 58.9. The van der Waals surface area contributed by atoms with Crippen LogP contribution >= 0.6 is 0 Å². The molecule has 0 heterocycles. The van der Waals surface area contributed by atoms with Crippen LogP contribution < -0.4 is 0 Å². The summed E-state index contributed by atoms with van der Waals surface area (Å²) in [6, 6.07) is 0. The Morgan fingerprint density at radius 1 is 0.356 bits per heavy atom. The van der Waals surface area contributed by atoms with Gasteiger partial charge in [0.05, 0.1) is 0 Å². The maximum Gasteiger partial charge on any atom is 0.306 e. The third-order valence-corrected chi connectivity index (χ3v) is 10.3. The van der Waals surface area contributed by atoms with E-state index in [-0.39, 0.29) is 37.5 Å². The molecule has 0 aliphatic carbocycles. The second-order valence-corrected chi connectivity index (χ2v) is 16.1. The first-order chi connectivity index (χ1) is 29.0. The molecular weight excluding hydrogens is 733 g/mol. The van der Waals surface area contributed by atoms with Crippen molar-refractivity contribution >= 4 is 17.9 Å². The van der Waals surface area contributed by atoms with Crippen LogP contribution in [0.2, 0.25) is 0 Å². The third kappa shape index (κ3) is 45.8. The highest BCUT2D eigenvalue weighted by Gasteiger charge is 2.19. The van der Waals surface area contributed by atoms with Crippen molar-refractivity contribution in [1.29, 1.82) is 0 Å². The zero-order chi connectivity index (χ0) is 43.0. The molecule has 6 heteroatoms. The molecule has 1 unspecified atom stereocenters. The Labute approximate surface area is 363 Å². The molecule has 0 aromatic rings. The molecule has 0 rings (SSSR count). The van der Waals surface area contributed by atoms with Gasteiger partial charge < -0.3 is 14.2 Å². The van der Waals surface area contributed by atoms with Crippen molar-refractivity contribution < 1.29 is 28.6 Å². The number of allylic oxidation sites excluding steroid dienone is 12. The fourth-order valence-corrected chi connectivity index (χ4v) is 6.56. The highest BCUT2D eigenvalue weighted by Crippen LogP contribution is 2.13. The van der Waals surface area contributed by atoms with E-state index in [0.29, 0.717) is 19.3 Å². The molecule has 0 N–H and O–H groups in total. The molecule has 0 aromatic carbocycles. The lowest BCUT2D eigenvalue weighted by molar-refractivity contribution is -0.166. The van der Waals surface area contributed by atoms with E-state index in [0.717, 1.165) is 77.0 Å². The first kappa shape index (κ1) is 55.9. The van der Waals surface area contributed by atoms with E-state index < -0.39 is 6.10 Å². The van der Waals surface area contributed by atoms with Gasteiger partial charge in [0.1, 0.15) is 13.2 Å². The number of rotatable bonds is 43. The number of hydrogen-bond donors (Lipinski definition) is 0. The number of esters is 3. The van der Waals surface area contributed by atoms with Crippen LogP contribution in [0.4, 0.5) is 0 Å². The highest BCUT2D eigenvalue weighted by molar-refractivity contribution is 5.71. The topological polar surface area (TPSA) is 78.9 Å². The van der Waals surface area contributed by atoms with Gasteiger partial charge in [0, 0.05) is 19.3 Å². The van der Waals surface area contributed by atoms with Crippen molar-refractivity contribution in [3.8, 4) is 0 Å². The summed E-state index contributed by atoms with van der Waals surface area (Å²) in [5, 5.41) is 0. The molecule has 0 spiro atoms. The summed E-state index contributed by atoms with van der Waals surface area (Å²) in [5.74, 6) is -1.00. The quantitative estimate of drug-likeness (QED) is 0.0200. The van der Waals surface area contributed by atoms with Gasteiger partial charge in [-0.15, -0.1) is 0 Å². The monoisotopic (exact) mass is 823 g/mol. The summed E-state index contributed by atoms with van der Waals surface area (Å²) in [5.41, 5.74) is 0. The molecule has 59 heavy (non-hydrogen) atoms. The van der Waals surface area contributed by atoms with Crippen LogP contribution in [0, 0.1) is 0 Å². The minimum Gasteiger partial charge on any atom is -0.462 e. The predicted molar refractivity (Wildman–Crippen MR) is 251 cm³/mol. The molecule has 338 valence electrons. The molecule has 0 saturated heterocycles. The van der Waals surface area contributed by atoms with E-state index >= 15 is 0 Å². The van der Waals surface area contributed by atoms with Crippen LogP contribution in [-0.4, -0.2) is 37.2 Å². The van der Waals surface area contributed by atoms with Gasteiger partial charge in [0.15, 0.2) is 6.10 Å². The largest absolute Gasteiger partial charge is 0.462 e. The number of unbranched alkanes of at least 4 members (excludes halogenated alkanes) is 23. The van der Waals surface area contributed by atoms with Gasteiger partial charge >= 0.3 is 17.9 Å². The Morgan fingerprint density at radius 2 is 0.712 bits per heavy atom. The lowest BCUT2D eigenvalue weighted by Crippen LogP contribution is -2.30. The van der Waals surface area contributed by atoms with Gasteiger partial charge in [-0.2, -0.15) is 0 Å². The van der Waals surface area contributed by atoms with E-state index in [4.69, 9.17) is 14.2 Å². The molecule has 0 bridgehead atoms. The van der Waals surface area contributed by atoms with Crippen LogP contribution in [0.5, 0.6) is 0 Å². The Hall–Kier alpha value is -3.15. The zero-order valence-electron chi connectivity index (χ0n) is 38.5. The van der Waals surface area contributed by atoms with Crippen molar-refractivity contribution in [2.45, 2.75) is 232 Å². The molecule has 6 nitrogen and oxygen atoms in total. The van der Waals surface area contributed by atoms with Gasteiger partial charge in [0.25, 0.3) is 0 Å². The summed E-state index contributed by atoms with van der Waals surface area (Å²) in [7, 11) is 0. The van der Waals surface area contributed by atoms with E-state index in [1.165, 1.54) is 103 Å². The van der Waals surface area contributed by atoms with Crippen molar-refractivity contribution in [2.24, 2.45) is 0 Å². The van der Waals surface area contributed by atoms with Gasteiger partial charge in [-0.25, -0.2) is 0 Å². The van der Waals surface area contributed by atoms with E-state index in [2.05, 4.69) is 87.6 Å². The van der Waals surface area contributed by atoms with Crippen LogP contribution in [0.25, 0.3) is 0 Å². The van der Waals surface area contributed by atoms with Gasteiger partial charge in [0.2, 0.25) is 0 Å². The van der Waals surface area contributed by atoms with E-state index in [1.807, 2.05) is 6.08 Å². The molecule has 1 atom stereocenters. The maximum atomic E-state index is 12.7. The lowest BCUT2D eigenvalue weighted by Gasteiger charge is -2.18. The summed E-state index contributed by atoms with van der Waals surface area (Å²) >= 11 is 0. The molecule has 0 amide bonds. The minimum atomic E-state index is -0.812. The second kappa shape index (κ2) is 47.5. The minimum absolute atomic E-state index is 0.105. The molecule has 0 fully saturated rings. The predicted octanol–water partition coefficient (Wildman–Crippen LogP) is 15.9. The van der Waals surface area contributed by atoms with Crippen LogP contribution in [0.15, 0.2) is 72.9 Å². The average Bonchev–Trinajstić information content (AvgIpc) is 3.23. The Morgan fingerprint density at radius 3 is 1.19 bits per heavy atom. The number of hydrogen-bond acceptors (Lipinski definition) is 6. The number of carbonyl (C=O) groups is 3. The third-order valence-electron chi connectivity index (χ3n) is 10.3. The number of ether oxygens (including phenoxy) is 3. The zero-order valence-corrected chi connectivity index (χ0v) is 38.5. The molecule has 0 radical (unpaired) electrons. The smallest absolute Gasteiger partial charge is 0.306 e. The average molecular weight is 823 g/mol. The fraction of sp³-hybridized carbons (Fsp3) is 0.717. The van der Waals surface area contributed by atoms with Crippen molar-refractivity contribution in [1.82, 2.24) is 0 Å². The van der Waals surface area contributed by atoms with Crippen LogP contribution in [0.3, 0.4) is 0 Å². The van der Waals surface area contributed by atoms with E-state index in [9.17, 15) is 14.4 Å². The fourth-order valence-electron chi connectivity index (χ4n) is 6.56. The van der Waals surface area contributed by atoms with Crippen molar-refractivity contribution in [3.63, 3.8) is 0 Å². The first-order valence-electron chi connectivity index (χ1n) is 24.5. The second-order valence-electron chi connectivity index (χ2n) is 16.1. The Bertz CT molecular complexity index is 1130. The van der Waals surface area contributed by atoms with Gasteiger partial charge in [-0.1, -0.05) is 216 Å². The Kier molecular flexibility index (Phi) is 45.0. The maximum absolute atomic E-state index is 12.7. The van der Waals surface area contributed by atoms with E-state index in [1.54, 1.807) is 0 Å². The standard InChI is InChI=1S/C53H90O6/c1-4-7-10-13-16-19-22-24-25-26-27-28-30-31-34-37-40-43-46-52(55)58-49-50(48-57-51(54)45-42-39-36-33-21-18-15-12-9-6-3)59-53(56)47-44-41-38-35-32-29-23-20-17-14-11-8-5-2/h16,19,22,24-29,32,38,41,50H,4-15,17-18,20-21,23,30-31,33-37,39-40,42-49H2,1-3H3/b19-16-,24-22-,26-25-,28-27-,32-29-,41-38-. The van der Waals surface area contributed by atoms with Crippen LogP contribution in [-0.2, 0) is 28.6 Å². The lowest BCUT2D eigenvalue weighted by atomic mass is 10.1. The van der Waals surface area contributed by atoms with Crippen LogP contribution in [0.1, 0.15) is 226 Å². The first-order valence-corrected chi connectivity index (χ1v) is 24.5. The molecule has 0 saturated carbocycles. The summed E-state index contributed by atoms with van der Waals surface area (Å²) < 4.78 is 16.7. The summed E-state index contributed by atoms with van der Waals surface area (Å²) in [6.45, 7) is 6.50. The Balaban J connectivity index is 4.47. The highest BCUT2D eigenvalue weighted by atomic mass is 16.6. The summed E-state index contributed by atoms with van der Waals surface area (Å²) in [4.78, 5) is 37.8. The molecular formula is C53H90O6.